The van der Waals surface area contributed by atoms with Crippen molar-refractivity contribution in [3.63, 3.8) is 0 Å². The lowest BCUT2D eigenvalue weighted by molar-refractivity contribution is 0.102. The van der Waals surface area contributed by atoms with Crippen LogP contribution in [0.2, 0.25) is 0 Å². The SMILES string of the molecule is Cc1cc(C(=O)Nc2ccc(CN3CCOC3=O)cc2)c(C)n1-c1ccccn1. The van der Waals surface area contributed by atoms with Gasteiger partial charge in [-0.05, 0) is 49.7 Å². The molecule has 2 amide bonds. The summed E-state index contributed by atoms with van der Waals surface area (Å²) in [5, 5.41) is 2.94. The lowest BCUT2D eigenvalue weighted by atomic mass is 10.2. The first-order valence-corrected chi connectivity index (χ1v) is 9.45. The average Bonchev–Trinajstić information content (AvgIpc) is 3.26. The van der Waals surface area contributed by atoms with Crippen LogP contribution in [0.3, 0.4) is 0 Å². The molecule has 1 saturated heterocycles. The van der Waals surface area contributed by atoms with Gasteiger partial charge in [0.25, 0.3) is 5.91 Å². The molecule has 1 N–H and O–H groups in total. The second-order valence-corrected chi connectivity index (χ2v) is 7.00. The normalized spacial score (nSPS) is 13.4. The van der Waals surface area contributed by atoms with Crippen molar-refractivity contribution in [2.45, 2.75) is 20.4 Å². The molecule has 3 heterocycles. The summed E-state index contributed by atoms with van der Waals surface area (Å²) in [6, 6.07) is 15.0. The predicted octanol–water partition coefficient (Wildman–Crippen LogP) is 3.69. The first-order valence-electron chi connectivity index (χ1n) is 9.45. The van der Waals surface area contributed by atoms with Crippen molar-refractivity contribution in [2.24, 2.45) is 0 Å². The molecule has 0 saturated carbocycles. The molecule has 0 aliphatic carbocycles. The first-order chi connectivity index (χ1) is 14.0. The lowest BCUT2D eigenvalue weighted by Gasteiger charge is -2.13. The molecule has 3 aromatic rings. The van der Waals surface area contributed by atoms with Crippen molar-refractivity contribution in [1.29, 1.82) is 0 Å². The van der Waals surface area contributed by atoms with E-state index >= 15 is 0 Å². The molecule has 29 heavy (non-hydrogen) atoms. The zero-order chi connectivity index (χ0) is 20.4. The molecular formula is C22H22N4O3. The molecule has 7 heteroatoms. The van der Waals surface area contributed by atoms with Gasteiger partial charge in [-0.3, -0.25) is 4.79 Å². The first kappa shape index (κ1) is 18.7. The zero-order valence-electron chi connectivity index (χ0n) is 16.4. The second-order valence-electron chi connectivity index (χ2n) is 7.00. The number of amides is 2. The molecule has 0 unspecified atom stereocenters. The van der Waals surface area contributed by atoms with Gasteiger partial charge in [0, 0.05) is 29.8 Å². The highest BCUT2D eigenvalue weighted by molar-refractivity contribution is 6.05. The van der Waals surface area contributed by atoms with Crippen LogP contribution in [0.4, 0.5) is 10.5 Å². The van der Waals surface area contributed by atoms with Crippen LogP contribution in [-0.2, 0) is 11.3 Å². The van der Waals surface area contributed by atoms with E-state index in [2.05, 4.69) is 10.3 Å². The van der Waals surface area contributed by atoms with Gasteiger partial charge in [0.2, 0.25) is 0 Å². The highest BCUT2D eigenvalue weighted by Crippen LogP contribution is 2.21. The van der Waals surface area contributed by atoms with E-state index in [9.17, 15) is 9.59 Å². The summed E-state index contributed by atoms with van der Waals surface area (Å²) in [5.41, 5.74) is 4.07. The Morgan fingerprint density at radius 3 is 2.62 bits per heavy atom. The third-order valence-corrected chi connectivity index (χ3v) is 4.98. The minimum Gasteiger partial charge on any atom is -0.448 e. The Kier molecular flexibility index (Phi) is 5.03. The van der Waals surface area contributed by atoms with E-state index in [-0.39, 0.29) is 12.0 Å². The van der Waals surface area contributed by atoms with Crippen LogP contribution in [0, 0.1) is 13.8 Å². The molecule has 1 aliphatic rings. The third kappa shape index (κ3) is 3.85. The van der Waals surface area contributed by atoms with Crippen molar-refractivity contribution in [3.8, 4) is 5.82 Å². The number of anilines is 1. The van der Waals surface area contributed by atoms with Crippen molar-refractivity contribution >= 4 is 17.7 Å². The number of pyridine rings is 1. The van der Waals surface area contributed by atoms with E-state index in [0.717, 1.165) is 22.8 Å². The minimum absolute atomic E-state index is 0.170. The molecule has 4 rings (SSSR count). The maximum Gasteiger partial charge on any atom is 0.410 e. The highest BCUT2D eigenvalue weighted by atomic mass is 16.6. The van der Waals surface area contributed by atoms with Gasteiger partial charge < -0.3 is 19.5 Å². The van der Waals surface area contributed by atoms with Crippen molar-refractivity contribution in [3.05, 3.63) is 77.2 Å². The topological polar surface area (TPSA) is 76.5 Å². The maximum absolute atomic E-state index is 12.8. The van der Waals surface area contributed by atoms with Gasteiger partial charge in [-0.25, -0.2) is 9.78 Å². The standard InChI is InChI=1S/C22H22N4O3/c1-15-13-19(16(2)26(15)20-5-3-4-10-23-20)21(27)24-18-8-6-17(7-9-18)14-25-11-12-29-22(25)28/h3-10,13H,11-12,14H2,1-2H3,(H,24,27). The van der Waals surface area contributed by atoms with Gasteiger partial charge in [0.15, 0.2) is 0 Å². The molecule has 0 atom stereocenters. The Labute approximate surface area is 168 Å². The zero-order valence-corrected chi connectivity index (χ0v) is 16.4. The van der Waals surface area contributed by atoms with Crippen LogP contribution in [0.25, 0.3) is 5.82 Å². The van der Waals surface area contributed by atoms with E-state index < -0.39 is 0 Å². The Hall–Kier alpha value is -3.61. The summed E-state index contributed by atoms with van der Waals surface area (Å²) in [6.45, 7) is 5.40. The highest BCUT2D eigenvalue weighted by Gasteiger charge is 2.22. The van der Waals surface area contributed by atoms with Crippen LogP contribution in [0.5, 0.6) is 0 Å². The molecule has 1 aliphatic heterocycles. The largest absolute Gasteiger partial charge is 0.448 e. The molecule has 2 aromatic heterocycles. The number of aryl methyl sites for hydroxylation is 1. The summed E-state index contributed by atoms with van der Waals surface area (Å²) in [5.74, 6) is 0.613. The molecule has 0 bridgehead atoms. The number of carbonyl (C=O) groups excluding carboxylic acids is 2. The fraction of sp³-hybridized carbons (Fsp3) is 0.227. The van der Waals surface area contributed by atoms with Gasteiger partial charge in [0.1, 0.15) is 12.4 Å². The van der Waals surface area contributed by atoms with Crippen LogP contribution in [-0.4, -0.2) is 39.6 Å². The number of benzene rings is 1. The second kappa shape index (κ2) is 7.79. The average molecular weight is 390 g/mol. The predicted molar refractivity (Wildman–Crippen MR) is 109 cm³/mol. The Balaban J connectivity index is 1.48. The Morgan fingerprint density at radius 1 is 1.17 bits per heavy atom. The van der Waals surface area contributed by atoms with Crippen LogP contribution < -0.4 is 5.32 Å². The van der Waals surface area contributed by atoms with Gasteiger partial charge in [-0.2, -0.15) is 0 Å². The van der Waals surface area contributed by atoms with Gasteiger partial charge >= 0.3 is 6.09 Å². The lowest BCUT2D eigenvalue weighted by Crippen LogP contribution is -2.23. The number of hydrogen-bond acceptors (Lipinski definition) is 4. The van der Waals surface area contributed by atoms with Crippen LogP contribution >= 0.6 is 0 Å². The van der Waals surface area contributed by atoms with E-state index in [0.29, 0.717) is 30.9 Å². The number of hydrogen-bond donors (Lipinski definition) is 1. The van der Waals surface area contributed by atoms with Crippen LogP contribution in [0.1, 0.15) is 27.3 Å². The fourth-order valence-electron chi connectivity index (χ4n) is 3.51. The molecule has 148 valence electrons. The molecule has 1 fully saturated rings. The van der Waals surface area contributed by atoms with Crippen molar-refractivity contribution < 1.29 is 14.3 Å². The summed E-state index contributed by atoms with van der Waals surface area (Å²) < 4.78 is 6.91. The monoisotopic (exact) mass is 390 g/mol. The molecule has 7 nitrogen and oxygen atoms in total. The maximum atomic E-state index is 12.8. The van der Waals surface area contributed by atoms with Crippen molar-refractivity contribution in [2.75, 3.05) is 18.5 Å². The van der Waals surface area contributed by atoms with E-state index in [1.54, 1.807) is 11.1 Å². The summed E-state index contributed by atoms with van der Waals surface area (Å²) in [6.07, 6.45) is 1.45. The molecule has 0 spiro atoms. The van der Waals surface area contributed by atoms with Gasteiger partial charge in [-0.1, -0.05) is 18.2 Å². The number of nitrogens with zero attached hydrogens (tertiary/aromatic N) is 3. The number of nitrogens with one attached hydrogen (secondary N) is 1. The molecular weight excluding hydrogens is 368 g/mol. The van der Waals surface area contributed by atoms with Crippen LogP contribution in [0.15, 0.2) is 54.7 Å². The molecule has 0 radical (unpaired) electrons. The van der Waals surface area contributed by atoms with Crippen molar-refractivity contribution in [1.82, 2.24) is 14.5 Å². The van der Waals surface area contributed by atoms with E-state index in [4.69, 9.17) is 4.74 Å². The summed E-state index contributed by atoms with van der Waals surface area (Å²) >= 11 is 0. The quantitative estimate of drug-likeness (QED) is 0.721. The summed E-state index contributed by atoms with van der Waals surface area (Å²) in [7, 11) is 0. The summed E-state index contributed by atoms with van der Waals surface area (Å²) in [4.78, 5) is 30.4. The Bertz CT molecular complexity index is 1040. The third-order valence-electron chi connectivity index (χ3n) is 4.98. The molecule has 1 aromatic carbocycles. The number of cyclic esters (lactones) is 1. The van der Waals surface area contributed by atoms with Gasteiger partial charge in [-0.15, -0.1) is 0 Å². The van der Waals surface area contributed by atoms with E-state index in [1.165, 1.54) is 0 Å². The fourth-order valence-corrected chi connectivity index (χ4v) is 3.51. The van der Waals surface area contributed by atoms with Gasteiger partial charge in [0.05, 0.1) is 12.1 Å². The number of rotatable bonds is 5. The number of aromatic nitrogens is 2. The Morgan fingerprint density at radius 2 is 1.97 bits per heavy atom. The number of ether oxygens (including phenoxy) is 1. The smallest absolute Gasteiger partial charge is 0.410 e. The number of carbonyl (C=O) groups is 2. The minimum atomic E-state index is -0.286. The van der Waals surface area contributed by atoms with E-state index in [1.807, 2.05) is 66.9 Å².